The Morgan fingerprint density at radius 2 is 2.00 bits per heavy atom. The summed E-state index contributed by atoms with van der Waals surface area (Å²) in [5, 5.41) is 24.2. The molecule has 0 amide bonds. The standard InChI is InChI=1S/C21H21FN4O2/c22-15-9-23-5-4-18(15)26-10-12(11-26)8-24-21-13-2-1-3-16(13)25-17-7-20(28)19(27)6-14(17)21/h4-7,9,12,27-28H,1-3,8,10-11H2,(H,24,25). The normalized spacial score (nSPS) is 16.2. The highest BCUT2D eigenvalue weighted by Crippen LogP contribution is 2.39. The van der Waals surface area contributed by atoms with Crippen molar-refractivity contribution in [2.75, 3.05) is 29.9 Å². The molecule has 2 aliphatic rings. The Morgan fingerprint density at radius 3 is 2.82 bits per heavy atom. The molecular formula is C21H21FN4O2. The van der Waals surface area contributed by atoms with Gasteiger partial charge in [-0.3, -0.25) is 9.97 Å². The Bertz CT molecular complexity index is 1070. The van der Waals surface area contributed by atoms with Crippen molar-refractivity contribution < 1.29 is 14.6 Å². The highest BCUT2D eigenvalue weighted by Gasteiger charge is 2.29. The second kappa shape index (κ2) is 6.51. The van der Waals surface area contributed by atoms with E-state index in [4.69, 9.17) is 0 Å². The summed E-state index contributed by atoms with van der Waals surface area (Å²) < 4.78 is 13.9. The molecule has 7 heteroatoms. The summed E-state index contributed by atoms with van der Waals surface area (Å²) in [7, 11) is 0. The predicted molar refractivity (Wildman–Crippen MR) is 105 cm³/mol. The molecule has 3 heterocycles. The molecular weight excluding hydrogens is 359 g/mol. The summed E-state index contributed by atoms with van der Waals surface area (Å²) in [5.41, 5.74) is 4.55. The number of fused-ring (bicyclic) bond motifs is 2. The van der Waals surface area contributed by atoms with Gasteiger partial charge in [0.05, 0.1) is 17.4 Å². The molecule has 0 spiro atoms. The Balaban J connectivity index is 1.36. The highest BCUT2D eigenvalue weighted by molar-refractivity contribution is 5.95. The van der Waals surface area contributed by atoms with E-state index in [-0.39, 0.29) is 17.3 Å². The molecule has 1 saturated heterocycles. The highest BCUT2D eigenvalue weighted by atomic mass is 19.1. The van der Waals surface area contributed by atoms with Crippen LogP contribution in [0.15, 0.2) is 30.6 Å². The Kier molecular flexibility index (Phi) is 3.96. The van der Waals surface area contributed by atoms with Crippen molar-refractivity contribution in [3.8, 4) is 11.5 Å². The maximum absolute atomic E-state index is 13.9. The third kappa shape index (κ3) is 2.78. The van der Waals surface area contributed by atoms with Crippen LogP contribution in [0.5, 0.6) is 11.5 Å². The van der Waals surface area contributed by atoms with Crippen LogP contribution in [-0.2, 0) is 12.8 Å². The van der Waals surface area contributed by atoms with Gasteiger partial charge < -0.3 is 20.4 Å². The van der Waals surface area contributed by atoms with Crippen molar-refractivity contribution in [2.45, 2.75) is 19.3 Å². The molecule has 0 atom stereocenters. The summed E-state index contributed by atoms with van der Waals surface area (Å²) in [6.07, 6.45) is 5.80. The summed E-state index contributed by atoms with van der Waals surface area (Å²) in [6, 6.07) is 4.81. The first-order valence-electron chi connectivity index (χ1n) is 9.56. The Hall–Kier alpha value is -3.09. The van der Waals surface area contributed by atoms with Gasteiger partial charge >= 0.3 is 0 Å². The van der Waals surface area contributed by atoms with Gasteiger partial charge in [0.2, 0.25) is 0 Å². The number of pyridine rings is 2. The third-order valence-corrected chi connectivity index (χ3v) is 5.72. The number of nitrogens with zero attached hydrogens (tertiary/aromatic N) is 3. The topological polar surface area (TPSA) is 81.5 Å². The zero-order chi connectivity index (χ0) is 19.3. The molecule has 3 N–H and O–H groups in total. The number of aryl methyl sites for hydroxylation is 1. The lowest BCUT2D eigenvalue weighted by molar-refractivity contribution is 0.405. The number of rotatable bonds is 4. The number of halogens is 1. The van der Waals surface area contributed by atoms with Crippen LogP contribution < -0.4 is 10.2 Å². The minimum atomic E-state index is -0.290. The molecule has 144 valence electrons. The van der Waals surface area contributed by atoms with E-state index in [0.29, 0.717) is 17.1 Å². The molecule has 0 radical (unpaired) electrons. The van der Waals surface area contributed by atoms with E-state index in [9.17, 15) is 14.6 Å². The van der Waals surface area contributed by atoms with Gasteiger partial charge in [-0.15, -0.1) is 0 Å². The van der Waals surface area contributed by atoms with Gasteiger partial charge in [-0.1, -0.05) is 0 Å². The number of phenolic OH excluding ortho intramolecular Hbond substituents is 2. The molecule has 0 bridgehead atoms. The lowest BCUT2D eigenvalue weighted by Crippen LogP contribution is -2.50. The molecule has 1 fully saturated rings. The van der Waals surface area contributed by atoms with E-state index in [2.05, 4.69) is 15.3 Å². The first kappa shape index (κ1) is 17.0. The summed E-state index contributed by atoms with van der Waals surface area (Å²) in [5.74, 6) is -0.183. The number of aromatic nitrogens is 2. The largest absolute Gasteiger partial charge is 0.504 e. The molecule has 1 aliphatic heterocycles. The maximum atomic E-state index is 13.9. The quantitative estimate of drug-likeness (QED) is 0.603. The molecule has 5 rings (SSSR count). The Morgan fingerprint density at radius 1 is 1.18 bits per heavy atom. The van der Waals surface area contributed by atoms with Crippen LogP contribution in [0, 0.1) is 11.7 Å². The molecule has 1 aliphatic carbocycles. The molecule has 1 aromatic carbocycles. The van der Waals surface area contributed by atoms with Crippen LogP contribution >= 0.6 is 0 Å². The maximum Gasteiger partial charge on any atom is 0.164 e. The number of phenols is 2. The van der Waals surface area contributed by atoms with Gasteiger partial charge in [-0.2, -0.15) is 0 Å². The summed E-state index contributed by atoms with van der Waals surface area (Å²) in [4.78, 5) is 10.5. The van der Waals surface area contributed by atoms with E-state index in [0.717, 1.165) is 55.7 Å². The van der Waals surface area contributed by atoms with E-state index >= 15 is 0 Å². The monoisotopic (exact) mass is 380 g/mol. The van der Waals surface area contributed by atoms with Gasteiger partial charge in [0.1, 0.15) is 0 Å². The van der Waals surface area contributed by atoms with Gasteiger partial charge in [0.25, 0.3) is 0 Å². The molecule has 3 aromatic rings. The number of hydrogen-bond acceptors (Lipinski definition) is 6. The minimum Gasteiger partial charge on any atom is -0.504 e. The molecule has 0 saturated carbocycles. The van der Waals surface area contributed by atoms with Crippen LogP contribution in [0.25, 0.3) is 10.9 Å². The SMILES string of the molecule is Oc1cc2nc3c(c(NCC4CN(c5ccncc5F)C4)c2cc1O)CCC3. The van der Waals surface area contributed by atoms with E-state index in [1.807, 2.05) is 4.90 Å². The number of nitrogens with one attached hydrogen (secondary N) is 1. The fraction of sp³-hybridized carbons (Fsp3) is 0.333. The number of hydrogen-bond donors (Lipinski definition) is 3. The first-order valence-corrected chi connectivity index (χ1v) is 9.56. The van der Waals surface area contributed by atoms with E-state index < -0.39 is 0 Å². The van der Waals surface area contributed by atoms with Crippen molar-refractivity contribution in [3.63, 3.8) is 0 Å². The fourth-order valence-electron chi connectivity index (χ4n) is 4.26. The van der Waals surface area contributed by atoms with Crippen LogP contribution in [-0.4, -0.2) is 39.8 Å². The second-order valence-corrected chi connectivity index (χ2v) is 7.60. The molecule has 28 heavy (non-hydrogen) atoms. The van der Waals surface area contributed by atoms with E-state index in [1.165, 1.54) is 17.8 Å². The van der Waals surface area contributed by atoms with Crippen LogP contribution in [0.3, 0.4) is 0 Å². The average Bonchev–Trinajstić information content (AvgIpc) is 3.10. The summed E-state index contributed by atoms with van der Waals surface area (Å²) >= 11 is 0. The van der Waals surface area contributed by atoms with Gasteiger partial charge in [-0.25, -0.2) is 4.39 Å². The number of benzene rings is 1. The average molecular weight is 380 g/mol. The van der Waals surface area contributed by atoms with Crippen molar-refractivity contribution in [1.82, 2.24) is 9.97 Å². The zero-order valence-corrected chi connectivity index (χ0v) is 15.3. The second-order valence-electron chi connectivity index (χ2n) is 7.60. The third-order valence-electron chi connectivity index (χ3n) is 5.72. The van der Waals surface area contributed by atoms with Gasteiger partial charge in [0, 0.05) is 54.6 Å². The zero-order valence-electron chi connectivity index (χ0n) is 15.3. The lowest BCUT2D eigenvalue weighted by Gasteiger charge is -2.41. The molecule has 0 unspecified atom stereocenters. The summed E-state index contributed by atoms with van der Waals surface area (Å²) in [6.45, 7) is 2.33. The number of aromatic hydroxyl groups is 2. The lowest BCUT2D eigenvalue weighted by atomic mass is 9.98. The first-order chi connectivity index (χ1) is 13.6. The number of anilines is 2. The minimum absolute atomic E-state index is 0.140. The van der Waals surface area contributed by atoms with Crippen molar-refractivity contribution >= 4 is 22.3 Å². The van der Waals surface area contributed by atoms with Crippen LogP contribution in [0.2, 0.25) is 0 Å². The van der Waals surface area contributed by atoms with E-state index in [1.54, 1.807) is 18.3 Å². The van der Waals surface area contributed by atoms with Gasteiger partial charge in [-0.05, 0) is 37.0 Å². The van der Waals surface area contributed by atoms with Gasteiger partial charge in [0.15, 0.2) is 17.3 Å². The smallest absolute Gasteiger partial charge is 0.164 e. The fourth-order valence-corrected chi connectivity index (χ4v) is 4.26. The Labute approximate surface area is 161 Å². The van der Waals surface area contributed by atoms with Crippen molar-refractivity contribution in [3.05, 3.63) is 47.7 Å². The molecule has 6 nitrogen and oxygen atoms in total. The van der Waals surface area contributed by atoms with Crippen molar-refractivity contribution in [1.29, 1.82) is 0 Å². The van der Waals surface area contributed by atoms with Crippen molar-refractivity contribution in [2.24, 2.45) is 5.92 Å². The predicted octanol–water partition coefficient (Wildman–Crippen LogP) is 3.22. The molecule has 2 aromatic heterocycles. The van der Waals surface area contributed by atoms with Crippen LogP contribution in [0.4, 0.5) is 15.8 Å². The van der Waals surface area contributed by atoms with Crippen LogP contribution in [0.1, 0.15) is 17.7 Å².